The molecule has 114 valence electrons. The van der Waals surface area contributed by atoms with Crippen molar-refractivity contribution in [3.63, 3.8) is 0 Å². The van der Waals surface area contributed by atoms with Crippen molar-refractivity contribution >= 4 is 15.9 Å². The molecule has 2 atom stereocenters. The monoisotopic (exact) mass is 339 g/mol. The van der Waals surface area contributed by atoms with Crippen LogP contribution in [0.3, 0.4) is 0 Å². The molecule has 0 fully saturated rings. The highest BCUT2D eigenvalue weighted by atomic mass is 79.9. The Morgan fingerprint density at radius 3 is 2.50 bits per heavy atom. The largest absolute Gasteiger partial charge is 0.311 e. The van der Waals surface area contributed by atoms with E-state index in [4.69, 9.17) is 0 Å². The first-order chi connectivity index (χ1) is 9.31. The van der Waals surface area contributed by atoms with E-state index in [0.717, 1.165) is 12.5 Å². The minimum absolute atomic E-state index is 0.179. The third-order valence-corrected chi connectivity index (χ3v) is 4.16. The second kappa shape index (κ2) is 8.19. The molecule has 1 aromatic carbocycles. The summed E-state index contributed by atoms with van der Waals surface area (Å²) in [5, 5.41) is 3.67. The van der Waals surface area contributed by atoms with E-state index >= 15 is 0 Å². The smallest absolute Gasteiger partial charge is 0.0178 e. The molecular weight excluding hydrogens is 310 g/mol. The first-order valence-electron chi connectivity index (χ1n) is 7.82. The molecular formula is C18H30BrN. The Kier molecular flexibility index (Phi) is 7.25. The Labute approximate surface area is 133 Å². The summed E-state index contributed by atoms with van der Waals surface area (Å²) < 4.78 is 1.18. The van der Waals surface area contributed by atoms with Gasteiger partial charge >= 0.3 is 0 Å². The summed E-state index contributed by atoms with van der Waals surface area (Å²) in [6.07, 6.45) is 3.85. The van der Waals surface area contributed by atoms with E-state index in [-0.39, 0.29) is 5.54 Å². The number of benzene rings is 1. The molecule has 0 saturated heterocycles. The Balaban J connectivity index is 2.78. The van der Waals surface area contributed by atoms with Crippen LogP contribution in [0.1, 0.15) is 65.4 Å². The fourth-order valence-corrected chi connectivity index (χ4v) is 3.04. The van der Waals surface area contributed by atoms with Gasteiger partial charge in [0.15, 0.2) is 0 Å². The number of rotatable bonds is 7. The Morgan fingerprint density at radius 2 is 1.95 bits per heavy atom. The molecule has 2 heteroatoms. The molecule has 1 aromatic rings. The normalized spacial score (nSPS) is 15.1. The van der Waals surface area contributed by atoms with Crippen LogP contribution in [0.2, 0.25) is 0 Å². The van der Waals surface area contributed by atoms with Gasteiger partial charge < -0.3 is 5.32 Å². The van der Waals surface area contributed by atoms with Crippen LogP contribution >= 0.6 is 15.9 Å². The predicted molar refractivity (Wildman–Crippen MR) is 93.3 cm³/mol. The lowest BCUT2D eigenvalue weighted by Crippen LogP contribution is -2.38. The molecule has 0 heterocycles. The summed E-state index contributed by atoms with van der Waals surface area (Å²) in [4.78, 5) is 0. The van der Waals surface area contributed by atoms with E-state index in [9.17, 15) is 0 Å². The zero-order chi connectivity index (χ0) is 15.2. The second-order valence-corrected chi connectivity index (χ2v) is 7.93. The van der Waals surface area contributed by atoms with Crippen molar-refractivity contribution in [2.45, 2.75) is 65.3 Å². The lowest BCUT2D eigenvalue weighted by atomic mass is 9.87. The van der Waals surface area contributed by atoms with Crippen LogP contribution < -0.4 is 5.32 Å². The van der Waals surface area contributed by atoms with Crippen LogP contribution in [0, 0.1) is 5.92 Å². The standard InChI is InChI=1S/C18H30BrN/c1-6-8-14(2)11-16(13-20-18(3,4)5)15-9-7-10-17(19)12-15/h7,9-10,12,14,16,20H,6,8,11,13H2,1-5H3. The highest BCUT2D eigenvalue weighted by Gasteiger charge is 2.18. The Hall–Kier alpha value is -0.340. The molecule has 1 N–H and O–H groups in total. The van der Waals surface area contributed by atoms with Crippen molar-refractivity contribution in [2.24, 2.45) is 5.92 Å². The minimum atomic E-state index is 0.179. The van der Waals surface area contributed by atoms with Crippen LogP contribution in [-0.2, 0) is 0 Å². The van der Waals surface area contributed by atoms with Gasteiger partial charge in [-0.05, 0) is 56.7 Å². The van der Waals surface area contributed by atoms with Crippen molar-refractivity contribution in [3.05, 3.63) is 34.3 Å². The van der Waals surface area contributed by atoms with Gasteiger partial charge in [-0.3, -0.25) is 0 Å². The highest BCUT2D eigenvalue weighted by molar-refractivity contribution is 9.10. The van der Waals surface area contributed by atoms with Gasteiger partial charge in [0, 0.05) is 16.6 Å². The first-order valence-corrected chi connectivity index (χ1v) is 8.61. The van der Waals surface area contributed by atoms with Crippen molar-refractivity contribution in [1.29, 1.82) is 0 Å². The highest BCUT2D eigenvalue weighted by Crippen LogP contribution is 2.28. The first kappa shape index (κ1) is 17.7. The van der Waals surface area contributed by atoms with Gasteiger partial charge in [-0.15, -0.1) is 0 Å². The van der Waals surface area contributed by atoms with Gasteiger partial charge in [0.05, 0.1) is 0 Å². The molecule has 0 bridgehead atoms. The van der Waals surface area contributed by atoms with Crippen LogP contribution in [-0.4, -0.2) is 12.1 Å². The molecule has 0 aliphatic rings. The van der Waals surface area contributed by atoms with Gasteiger partial charge in [0.1, 0.15) is 0 Å². The molecule has 0 amide bonds. The molecule has 0 aliphatic heterocycles. The number of hydrogen-bond donors (Lipinski definition) is 1. The average Bonchev–Trinajstić information content (AvgIpc) is 2.33. The quantitative estimate of drug-likeness (QED) is 0.667. The molecule has 1 nitrogen and oxygen atoms in total. The van der Waals surface area contributed by atoms with Gasteiger partial charge in [-0.2, -0.15) is 0 Å². The van der Waals surface area contributed by atoms with Gasteiger partial charge in [-0.1, -0.05) is 54.8 Å². The lowest BCUT2D eigenvalue weighted by Gasteiger charge is -2.27. The molecule has 0 saturated carbocycles. The van der Waals surface area contributed by atoms with Crippen molar-refractivity contribution in [3.8, 4) is 0 Å². The van der Waals surface area contributed by atoms with Crippen LogP contribution in [0.4, 0.5) is 0 Å². The summed E-state index contributed by atoms with van der Waals surface area (Å²) in [7, 11) is 0. The zero-order valence-electron chi connectivity index (χ0n) is 13.7. The van der Waals surface area contributed by atoms with Crippen LogP contribution in [0.15, 0.2) is 28.7 Å². The topological polar surface area (TPSA) is 12.0 Å². The maximum Gasteiger partial charge on any atom is 0.0178 e. The Bertz CT molecular complexity index is 395. The lowest BCUT2D eigenvalue weighted by molar-refractivity contribution is 0.366. The van der Waals surface area contributed by atoms with Gasteiger partial charge in [0.2, 0.25) is 0 Å². The second-order valence-electron chi connectivity index (χ2n) is 7.01. The minimum Gasteiger partial charge on any atom is -0.311 e. The summed E-state index contributed by atoms with van der Waals surface area (Å²) in [6, 6.07) is 8.79. The third-order valence-electron chi connectivity index (χ3n) is 3.67. The van der Waals surface area contributed by atoms with Crippen molar-refractivity contribution in [2.75, 3.05) is 6.54 Å². The molecule has 0 radical (unpaired) electrons. The molecule has 2 unspecified atom stereocenters. The number of hydrogen-bond acceptors (Lipinski definition) is 1. The van der Waals surface area contributed by atoms with E-state index in [0.29, 0.717) is 5.92 Å². The SMILES string of the molecule is CCCC(C)CC(CNC(C)(C)C)c1cccc(Br)c1. The molecule has 1 rings (SSSR count). The van der Waals surface area contributed by atoms with Crippen molar-refractivity contribution in [1.82, 2.24) is 5.32 Å². The van der Waals surface area contributed by atoms with E-state index < -0.39 is 0 Å². The predicted octanol–water partition coefficient (Wildman–Crippen LogP) is 5.75. The fourth-order valence-electron chi connectivity index (χ4n) is 2.62. The molecule has 0 spiro atoms. The molecule has 0 aliphatic carbocycles. The summed E-state index contributed by atoms with van der Waals surface area (Å²) in [6.45, 7) is 12.4. The van der Waals surface area contributed by atoms with E-state index in [1.165, 1.54) is 29.3 Å². The van der Waals surface area contributed by atoms with Gasteiger partial charge in [0.25, 0.3) is 0 Å². The van der Waals surface area contributed by atoms with E-state index in [1.54, 1.807) is 0 Å². The maximum absolute atomic E-state index is 3.67. The molecule has 0 aromatic heterocycles. The molecule has 20 heavy (non-hydrogen) atoms. The third kappa shape index (κ3) is 6.90. The number of nitrogens with one attached hydrogen (secondary N) is 1. The summed E-state index contributed by atoms with van der Waals surface area (Å²) in [5.41, 5.74) is 1.62. The zero-order valence-corrected chi connectivity index (χ0v) is 15.3. The van der Waals surface area contributed by atoms with Crippen LogP contribution in [0.5, 0.6) is 0 Å². The van der Waals surface area contributed by atoms with E-state index in [2.05, 4.69) is 80.1 Å². The van der Waals surface area contributed by atoms with Crippen LogP contribution in [0.25, 0.3) is 0 Å². The van der Waals surface area contributed by atoms with Gasteiger partial charge in [-0.25, -0.2) is 0 Å². The summed E-state index contributed by atoms with van der Waals surface area (Å²) in [5.74, 6) is 1.37. The fraction of sp³-hybridized carbons (Fsp3) is 0.667. The Morgan fingerprint density at radius 1 is 1.25 bits per heavy atom. The van der Waals surface area contributed by atoms with Crippen molar-refractivity contribution < 1.29 is 0 Å². The van der Waals surface area contributed by atoms with E-state index in [1.807, 2.05) is 0 Å². The maximum atomic E-state index is 3.67. The summed E-state index contributed by atoms with van der Waals surface area (Å²) >= 11 is 3.60. The number of halogens is 1. The average molecular weight is 340 g/mol.